The predicted molar refractivity (Wildman–Crippen MR) is 148 cm³/mol. The van der Waals surface area contributed by atoms with Gasteiger partial charge in [0.1, 0.15) is 17.5 Å². The van der Waals surface area contributed by atoms with E-state index in [1.165, 1.54) is 24.3 Å². The fraction of sp³-hybridized carbons (Fsp3) is 0.360. The summed E-state index contributed by atoms with van der Waals surface area (Å²) in [5.74, 6) is -0.404. The summed E-state index contributed by atoms with van der Waals surface area (Å²) in [6.07, 6.45) is 0.963. The van der Waals surface area contributed by atoms with Crippen molar-refractivity contribution in [1.29, 1.82) is 0 Å². The number of hydrogen-bond acceptors (Lipinski definition) is 9. The highest BCUT2D eigenvalue weighted by Gasteiger charge is 2.31. The van der Waals surface area contributed by atoms with E-state index in [1.807, 2.05) is 0 Å². The normalized spacial score (nSPS) is 15.7. The molecule has 208 valence electrons. The van der Waals surface area contributed by atoms with Crippen molar-refractivity contribution >= 4 is 66.2 Å². The van der Waals surface area contributed by atoms with E-state index >= 15 is 0 Å². The summed E-state index contributed by atoms with van der Waals surface area (Å²) < 4.78 is 35.5. The fourth-order valence-corrected chi connectivity index (χ4v) is 5.57. The number of nitrogens with zero attached hydrogens (tertiary/aromatic N) is 2. The van der Waals surface area contributed by atoms with E-state index in [0.717, 1.165) is 17.6 Å². The summed E-state index contributed by atoms with van der Waals surface area (Å²) in [7, 11) is -3.39. The molecule has 39 heavy (non-hydrogen) atoms. The van der Waals surface area contributed by atoms with Gasteiger partial charge in [-0.3, -0.25) is 15.4 Å². The molecule has 2 N–H and O–H groups in total. The Hall–Kier alpha value is -3.42. The molecule has 2 aromatic carbocycles. The highest BCUT2D eigenvalue weighted by molar-refractivity contribution is 7.90. The number of urea groups is 1. The molecule has 1 saturated heterocycles. The Balaban J connectivity index is 1.37. The first-order chi connectivity index (χ1) is 18.2. The molecular weight excluding hydrogens is 568 g/mol. The lowest BCUT2D eigenvalue weighted by atomic mass is 10.2. The number of thiazole rings is 1. The van der Waals surface area contributed by atoms with Crippen molar-refractivity contribution in [2.45, 2.75) is 43.8 Å². The van der Waals surface area contributed by atoms with Gasteiger partial charge in [0, 0.05) is 19.2 Å². The number of ether oxygens (including phenoxy) is 2. The Morgan fingerprint density at radius 3 is 2.59 bits per heavy atom. The Bertz CT molecular complexity index is 1550. The minimum atomic E-state index is -3.39. The molecule has 0 bridgehead atoms. The van der Waals surface area contributed by atoms with Gasteiger partial charge in [-0.15, -0.1) is 0 Å². The van der Waals surface area contributed by atoms with Crippen molar-refractivity contribution in [2.75, 3.05) is 24.7 Å². The third kappa shape index (κ3) is 7.37. The Kier molecular flexibility index (Phi) is 8.05. The molecule has 11 nitrogen and oxygen atoms in total. The topological polar surface area (TPSA) is 144 Å². The van der Waals surface area contributed by atoms with Crippen molar-refractivity contribution in [3.05, 3.63) is 47.0 Å². The zero-order chi connectivity index (χ0) is 28.5. The van der Waals surface area contributed by atoms with Crippen molar-refractivity contribution in [3.8, 4) is 5.75 Å². The second-order valence-corrected chi connectivity index (χ2v) is 13.4. The number of rotatable bonds is 5. The number of anilines is 1. The maximum Gasteiger partial charge on any atom is 0.410 e. The zero-order valence-electron chi connectivity index (χ0n) is 21.6. The molecular formula is C25H27ClN4O7S2. The van der Waals surface area contributed by atoms with Gasteiger partial charge in [0.05, 0.1) is 32.2 Å². The largest absolute Gasteiger partial charge is 0.488 e. The van der Waals surface area contributed by atoms with Gasteiger partial charge in [0.2, 0.25) is 0 Å². The lowest BCUT2D eigenvalue weighted by molar-refractivity contribution is 0.0275. The Morgan fingerprint density at radius 2 is 1.90 bits per heavy atom. The molecule has 0 spiro atoms. The van der Waals surface area contributed by atoms with Crippen LogP contribution < -0.4 is 15.4 Å². The zero-order valence-corrected chi connectivity index (χ0v) is 24.0. The number of benzene rings is 2. The molecule has 1 unspecified atom stereocenters. The van der Waals surface area contributed by atoms with Crippen LogP contribution in [-0.2, 0) is 14.6 Å². The summed E-state index contributed by atoms with van der Waals surface area (Å²) >= 11 is 7.27. The highest BCUT2D eigenvalue weighted by atomic mass is 35.5. The van der Waals surface area contributed by atoms with E-state index in [2.05, 4.69) is 15.6 Å². The summed E-state index contributed by atoms with van der Waals surface area (Å²) in [6.45, 7) is 6.19. The summed E-state index contributed by atoms with van der Waals surface area (Å²) in [6, 6.07) is 8.11. The van der Waals surface area contributed by atoms with E-state index in [4.69, 9.17) is 21.1 Å². The van der Waals surface area contributed by atoms with Crippen LogP contribution in [0, 0.1) is 0 Å². The quantitative estimate of drug-likeness (QED) is 0.432. The van der Waals surface area contributed by atoms with Crippen molar-refractivity contribution in [1.82, 2.24) is 15.2 Å². The van der Waals surface area contributed by atoms with E-state index in [1.54, 1.807) is 37.8 Å². The highest BCUT2D eigenvalue weighted by Crippen LogP contribution is 2.29. The van der Waals surface area contributed by atoms with Gasteiger partial charge in [-0.25, -0.2) is 23.0 Å². The minimum Gasteiger partial charge on any atom is -0.488 e. The number of imide groups is 1. The average molecular weight is 595 g/mol. The second kappa shape index (κ2) is 11.0. The second-order valence-electron chi connectivity index (χ2n) is 9.93. The number of carbonyl (C=O) groups is 3. The van der Waals surface area contributed by atoms with Crippen molar-refractivity contribution in [3.63, 3.8) is 0 Å². The number of halogens is 1. The standard InChI is InChI=1S/C25H27ClN4O7S2/c1-25(2,3)37-24(33)30-10-9-15(13-30)36-14-5-7-18(26)17(11-14)21(31)28-22(32)29-23-27-19-8-6-16(39(4,34)35)12-20(19)38-23/h5-8,11-12,15H,9-10,13H2,1-4H3,(H2,27,28,29,31,32). The van der Waals surface area contributed by atoms with Gasteiger partial charge < -0.3 is 14.4 Å². The van der Waals surface area contributed by atoms with Crippen LogP contribution in [0.5, 0.6) is 5.75 Å². The van der Waals surface area contributed by atoms with Gasteiger partial charge >= 0.3 is 12.1 Å². The Morgan fingerprint density at radius 1 is 1.15 bits per heavy atom. The molecule has 1 aromatic heterocycles. The third-order valence-electron chi connectivity index (χ3n) is 5.52. The maximum atomic E-state index is 12.8. The van der Waals surface area contributed by atoms with Crippen LogP contribution >= 0.6 is 22.9 Å². The van der Waals surface area contributed by atoms with Crippen LogP contribution in [0.1, 0.15) is 37.6 Å². The first-order valence-electron chi connectivity index (χ1n) is 11.8. The predicted octanol–water partition coefficient (Wildman–Crippen LogP) is 4.70. The van der Waals surface area contributed by atoms with Crippen LogP contribution in [-0.4, -0.2) is 67.4 Å². The van der Waals surface area contributed by atoms with Crippen LogP contribution in [0.25, 0.3) is 10.2 Å². The molecule has 0 saturated carbocycles. The van der Waals surface area contributed by atoms with Gasteiger partial charge in [0.25, 0.3) is 5.91 Å². The SMILES string of the molecule is CC(C)(C)OC(=O)N1CCC(Oc2ccc(Cl)c(C(=O)NC(=O)Nc3nc4ccc(S(C)(=O)=O)cc4s3)c2)C1. The van der Waals surface area contributed by atoms with Gasteiger partial charge in [0.15, 0.2) is 15.0 Å². The molecule has 1 fully saturated rings. The number of aromatic nitrogens is 1. The Labute approximate surface area is 234 Å². The molecule has 1 aliphatic heterocycles. The van der Waals surface area contributed by atoms with E-state index in [9.17, 15) is 22.8 Å². The van der Waals surface area contributed by atoms with Crippen LogP contribution in [0.3, 0.4) is 0 Å². The smallest absolute Gasteiger partial charge is 0.410 e. The molecule has 1 aliphatic rings. The molecule has 3 aromatic rings. The summed E-state index contributed by atoms with van der Waals surface area (Å²) in [5, 5.41) is 4.97. The number of nitrogens with one attached hydrogen (secondary N) is 2. The van der Waals surface area contributed by atoms with Gasteiger partial charge in [-0.05, 0) is 57.2 Å². The molecule has 4 rings (SSSR count). The molecule has 4 amide bonds. The molecule has 0 radical (unpaired) electrons. The van der Waals surface area contributed by atoms with Crippen LogP contribution in [0.15, 0.2) is 41.3 Å². The van der Waals surface area contributed by atoms with Crippen molar-refractivity contribution < 1.29 is 32.3 Å². The monoisotopic (exact) mass is 594 g/mol. The van der Waals surface area contributed by atoms with E-state index < -0.39 is 33.5 Å². The van der Waals surface area contributed by atoms with Crippen LogP contribution in [0.4, 0.5) is 14.7 Å². The fourth-order valence-electron chi connectivity index (χ4n) is 3.75. The van der Waals surface area contributed by atoms with Crippen LogP contribution in [0.2, 0.25) is 5.02 Å². The van der Waals surface area contributed by atoms with Gasteiger partial charge in [-0.1, -0.05) is 22.9 Å². The van der Waals surface area contributed by atoms with E-state index in [0.29, 0.717) is 35.5 Å². The lowest BCUT2D eigenvalue weighted by Crippen LogP contribution is -2.36. The number of fused-ring (bicyclic) bond motifs is 1. The van der Waals surface area contributed by atoms with Crippen molar-refractivity contribution in [2.24, 2.45) is 0 Å². The average Bonchev–Trinajstić information content (AvgIpc) is 3.44. The maximum absolute atomic E-state index is 12.8. The molecule has 14 heteroatoms. The minimum absolute atomic E-state index is 0.0217. The number of sulfone groups is 1. The molecule has 0 aliphatic carbocycles. The number of hydrogen-bond donors (Lipinski definition) is 2. The number of amides is 4. The summed E-state index contributed by atoms with van der Waals surface area (Å²) in [4.78, 5) is 43.5. The number of carbonyl (C=O) groups excluding carboxylic acids is 3. The molecule has 2 heterocycles. The number of likely N-dealkylation sites (tertiary alicyclic amines) is 1. The first kappa shape index (κ1) is 28.6. The summed E-state index contributed by atoms with van der Waals surface area (Å²) in [5.41, 5.74) is -0.0808. The van der Waals surface area contributed by atoms with Gasteiger partial charge in [-0.2, -0.15) is 0 Å². The molecule has 1 atom stereocenters. The van der Waals surface area contributed by atoms with E-state index in [-0.39, 0.29) is 26.7 Å². The third-order valence-corrected chi connectivity index (χ3v) is 7.89. The lowest BCUT2D eigenvalue weighted by Gasteiger charge is -2.24. The first-order valence-corrected chi connectivity index (χ1v) is 14.9.